The second-order valence-corrected chi connectivity index (χ2v) is 5.07. The standard InChI is InChI=1S/C16H17N3O/c17-10-13-8-12(6-7-18-13)16(20)19-15-9-14(15)11-4-2-1-3-5-11/h1-8,14-15H,9-10,17H2,(H,19,20). The third-order valence-electron chi connectivity index (χ3n) is 3.62. The molecule has 2 unspecified atom stereocenters. The molecule has 1 amide bonds. The number of amides is 1. The molecule has 20 heavy (non-hydrogen) atoms. The van der Waals surface area contributed by atoms with E-state index in [2.05, 4.69) is 22.4 Å². The Kier molecular flexibility index (Phi) is 3.48. The van der Waals surface area contributed by atoms with Crippen LogP contribution in [0.1, 0.15) is 34.0 Å². The molecular formula is C16H17N3O. The fourth-order valence-corrected chi connectivity index (χ4v) is 2.41. The van der Waals surface area contributed by atoms with Gasteiger partial charge < -0.3 is 11.1 Å². The highest BCUT2D eigenvalue weighted by molar-refractivity contribution is 5.94. The Hall–Kier alpha value is -2.20. The average molecular weight is 267 g/mol. The third-order valence-corrected chi connectivity index (χ3v) is 3.62. The predicted molar refractivity (Wildman–Crippen MR) is 77.2 cm³/mol. The number of aromatic nitrogens is 1. The van der Waals surface area contributed by atoms with Gasteiger partial charge in [-0.15, -0.1) is 0 Å². The normalized spacial score (nSPS) is 20.4. The topological polar surface area (TPSA) is 68.0 Å². The van der Waals surface area contributed by atoms with Crippen LogP contribution in [-0.2, 0) is 6.54 Å². The predicted octanol–water partition coefficient (Wildman–Crippen LogP) is 1.83. The Labute approximate surface area is 118 Å². The number of pyridine rings is 1. The average Bonchev–Trinajstić information content (AvgIpc) is 3.27. The number of benzene rings is 1. The van der Waals surface area contributed by atoms with Gasteiger partial charge >= 0.3 is 0 Å². The van der Waals surface area contributed by atoms with Crippen molar-refractivity contribution in [2.45, 2.75) is 24.9 Å². The maximum absolute atomic E-state index is 12.2. The van der Waals surface area contributed by atoms with Crippen molar-refractivity contribution >= 4 is 5.91 Å². The van der Waals surface area contributed by atoms with Gasteiger partial charge in [-0.25, -0.2) is 0 Å². The maximum atomic E-state index is 12.2. The van der Waals surface area contributed by atoms with Crippen molar-refractivity contribution < 1.29 is 4.79 Å². The largest absolute Gasteiger partial charge is 0.349 e. The van der Waals surface area contributed by atoms with Crippen LogP contribution in [-0.4, -0.2) is 16.9 Å². The molecule has 2 aromatic rings. The van der Waals surface area contributed by atoms with Crippen LogP contribution in [0, 0.1) is 0 Å². The Morgan fingerprint density at radius 1 is 1.30 bits per heavy atom. The molecule has 1 fully saturated rings. The minimum absolute atomic E-state index is 0.0504. The van der Waals surface area contributed by atoms with Gasteiger partial charge in [0.1, 0.15) is 0 Å². The lowest BCUT2D eigenvalue weighted by Gasteiger charge is -2.06. The molecule has 0 aliphatic heterocycles. The molecule has 1 aliphatic carbocycles. The van der Waals surface area contributed by atoms with E-state index in [4.69, 9.17) is 5.73 Å². The van der Waals surface area contributed by atoms with Gasteiger partial charge in [-0.2, -0.15) is 0 Å². The van der Waals surface area contributed by atoms with E-state index in [0.717, 1.165) is 12.1 Å². The first-order chi connectivity index (χ1) is 9.78. The van der Waals surface area contributed by atoms with Crippen molar-refractivity contribution in [3.8, 4) is 0 Å². The van der Waals surface area contributed by atoms with Gasteiger partial charge in [0.05, 0.1) is 5.69 Å². The van der Waals surface area contributed by atoms with E-state index in [-0.39, 0.29) is 11.9 Å². The van der Waals surface area contributed by atoms with E-state index < -0.39 is 0 Å². The number of hydrogen-bond donors (Lipinski definition) is 2. The van der Waals surface area contributed by atoms with Crippen LogP contribution in [0.5, 0.6) is 0 Å². The van der Waals surface area contributed by atoms with Crippen LogP contribution in [0.2, 0.25) is 0 Å². The van der Waals surface area contributed by atoms with Crippen LogP contribution >= 0.6 is 0 Å². The molecule has 3 rings (SSSR count). The highest BCUT2D eigenvalue weighted by Crippen LogP contribution is 2.40. The molecule has 1 aromatic carbocycles. The fourth-order valence-electron chi connectivity index (χ4n) is 2.41. The minimum Gasteiger partial charge on any atom is -0.349 e. The van der Waals surface area contributed by atoms with Crippen LogP contribution in [0.4, 0.5) is 0 Å². The number of nitrogens with one attached hydrogen (secondary N) is 1. The summed E-state index contributed by atoms with van der Waals surface area (Å²) in [6.07, 6.45) is 2.63. The molecule has 0 saturated heterocycles. The molecule has 1 aromatic heterocycles. The van der Waals surface area contributed by atoms with Gasteiger partial charge in [0.2, 0.25) is 0 Å². The highest BCUT2D eigenvalue weighted by atomic mass is 16.1. The van der Waals surface area contributed by atoms with Crippen LogP contribution < -0.4 is 11.1 Å². The summed E-state index contributed by atoms with van der Waals surface area (Å²) in [5.74, 6) is 0.390. The molecule has 4 heteroatoms. The quantitative estimate of drug-likeness (QED) is 0.888. The number of nitrogens with two attached hydrogens (primary N) is 1. The highest BCUT2D eigenvalue weighted by Gasteiger charge is 2.39. The molecule has 3 N–H and O–H groups in total. The molecule has 0 spiro atoms. The summed E-state index contributed by atoms with van der Waals surface area (Å²) in [6, 6.07) is 14.0. The van der Waals surface area contributed by atoms with Crippen molar-refractivity contribution in [1.82, 2.24) is 10.3 Å². The summed E-state index contributed by atoms with van der Waals surface area (Å²) in [6.45, 7) is 0.344. The van der Waals surface area contributed by atoms with Gasteiger partial charge in [0, 0.05) is 30.3 Å². The molecule has 102 valence electrons. The summed E-state index contributed by atoms with van der Waals surface area (Å²) in [5, 5.41) is 3.06. The molecule has 1 saturated carbocycles. The Morgan fingerprint density at radius 2 is 2.10 bits per heavy atom. The fraction of sp³-hybridized carbons (Fsp3) is 0.250. The van der Waals surface area contributed by atoms with E-state index in [1.807, 2.05) is 18.2 Å². The molecule has 0 radical (unpaired) electrons. The number of nitrogens with zero attached hydrogens (tertiary/aromatic N) is 1. The summed E-state index contributed by atoms with van der Waals surface area (Å²) < 4.78 is 0. The lowest BCUT2D eigenvalue weighted by molar-refractivity contribution is 0.0950. The van der Waals surface area contributed by atoms with Crippen LogP contribution in [0.3, 0.4) is 0 Å². The first kappa shape index (κ1) is 12.8. The summed E-state index contributed by atoms with van der Waals surface area (Å²) in [4.78, 5) is 16.3. The van der Waals surface area contributed by atoms with E-state index in [1.54, 1.807) is 18.3 Å². The third kappa shape index (κ3) is 2.70. The van der Waals surface area contributed by atoms with Crippen molar-refractivity contribution in [1.29, 1.82) is 0 Å². The monoisotopic (exact) mass is 267 g/mol. The van der Waals surface area contributed by atoms with Gasteiger partial charge in [0.25, 0.3) is 5.91 Å². The van der Waals surface area contributed by atoms with E-state index in [0.29, 0.717) is 18.0 Å². The second-order valence-electron chi connectivity index (χ2n) is 5.07. The first-order valence-corrected chi connectivity index (χ1v) is 6.78. The van der Waals surface area contributed by atoms with Gasteiger partial charge in [-0.05, 0) is 24.1 Å². The van der Waals surface area contributed by atoms with Gasteiger partial charge in [-0.3, -0.25) is 9.78 Å². The molecule has 4 nitrogen and oxygen atoms in total. The summed E-state index contributed by atoms with van der Waals surface area (Å²) in [5.41, 5.74) is 8.18. The second kappa shape index (κ2) is 5.43. The molecule has 0 bridgehead atoms. The maximum Gasteiger partial charge on any atom is 0.251 e. The van der Waals surface area contributed by atoms with E-state index in [1.165, 1.54) is 5.56 Å². The lowest BCUT2D eigenvalue weighted by atomic mass is 10.1. The van der Waals surface area contributed by atoms with Crippen molar-refractivity contribution in [3.63, 3.8) is 0 Å². The Morgan fingerprint density at radius 3 is 2.85 bits per heavy atom. The Bertz CT molecular complexity index is 612. The van der Waals surface area contributed by atoms with Crippen molar-refractivity contribution in [2.75, 3.05) is 0 Å². The number of carbonyl (C=O) groups excluding carboxylic acids is 1. The number of rotatable bonds is 4. The minimum atomic E-state index is -0.0504. The number of carbonyl (C=O) groups is 1. The van der Waals surface area contributed by atoms with E-state index >= 15 is 0 Å². The van der Waals surface area contributed by atoms with Gasteiger partial charge in [0.15, 0.2) is 0 Å². The zero-order valence-corrected chi connectivity index (χ0v) is 11.1. The molecule has 1 aliphatic rings. The SMILES string of the molecule is NCc1cc(C(=O)NC2CC2c2ccccc2)ccn1. The Balaban J connectivity index is 1.63. The lowest BCUT2D eigenvalue weighted by Crippen LogP contribution is -2.26. The zero-order chi connectivity index (χ0) is 13.9. The zero-order valence-electron chi connectivity index (χ0n) is 11.1. The summed E-state index contributed by atoms with van der Waals surface area (Å²) >= 11 is 0. The first-order valence-electron chi connectivity index (χ1n) is 6.78. The molecule has 2 atom stereocenters. The molecular weight excluding hydrogens is 250 g/mol. The van der Waals surface area contributed by atoms with Crippen molar-refractivity contribution in [3.05, 3.63) is 65.5 Å². The number of hydrogen-bond acceptors (Lipinski definition) is 3. The van der Waals surface area contributed by atoms with Gasteiger partial charge in [-0.1, -0.05) is 30.3 Å². The smallest absolute Gasteiger partial charge is 0.251 e. The van der Waals surface area contributed by atoms with Crippen LogP contribution in [0.25, 0.3) is 0 Å². The van der Waals surface area contributed by atoms with Crippen molar-refractivity contribution in [2.24, 2.45) is 5.73 Å². The summed E-state index contributed by atoms with van der Waals surface area (Å²) in [7, 11) is 0. The van der Waals surface area contributed by atoms with E-state index in [9.17, 15) is 4.79 Å². The molecule has 1 heterocycles. The van der Waals surface area contributed by atoms with Crippen LogP contribution in [0.15, 0.2) is 48.7 Å².